The van der Waals surface area contributed by atoms with E-state index in [4.69, 9.17) is 16.3 Å². The van der Waals surface area contributed by atoms with Crippen molar-refractivity contribution in [2.24, 2.45) is 5.41 Å². The molecule has 0 spiro atoms. The predicted octanol–water partition coefficient (Wildman–Crippen LogP) is 3.74. The molecule has 1 saturated carbocycles. The lowest BCUT2D eigenvalue weighted by Crippen LogP contribution is -2.19. The summed E-state index contributed by atoms with van der Waals surface area (Å²) in [4.78, 5) is 0.232. The number of benzene rings is 2. The summed E-state index contributed by atoms with van der Waals surface area (Å²) in [6, 6.07) is 15.9. The molecule has 2 aromatic rings. The van der Waals surface area contributed by atoms with E-state index in [0.717, 1.165) is 11.1 Å². The SMILES string of the molecule is COC[C@]1(C#N)[C@H](c2ccc(Cl)cc2)[C@@H]1S(=O)(=O)c1ccc(C)cc1. The fraction of sp³-hybridized carbons (Fsp3) is 0.316. The highest BCUT2D eigenvalue weighted by molar-refractivity contribution is 7.92. The second-order valence-electron chi connectivity index (χ2n) is 6.39. The Balaban J connectivity index is 2.07. The Labute approximate surface area is 152 Å². The van der Waals surface area contributed by atoms with E-state index in [1.54, 1.807) is 48.5 Å². The van der Waals surface area contributed by atoms with Gasteiger partial charge in [0.15, 0.2) is 9.84 Å². The number of hydrogen-bond acceptors (Lipinski definition) is 4. The Hall–Kier alpha value is -1.87. The van der Waals surface area contributed by atoms with Crippen molar-refractivity contribution in [3.63, 3.8) is 0 Å². The highest BCUT2D eigenvalue weighted by Gasteiger charge is 2.72. The van der Waals surface area contributed by atoms with Gasteiger partial charge in [-0.05, 0) is 36.8 Å². The van der Waals surface area contributed by atoms with Gasteiger partial charge in [-0.25, -0.2) is 8.42 Å². The van der Waals surface area contributed by atoms with Crippen molar-refractivity contribution in [3.05, 3.63) is 64.7 Å². The number of sulfone groups is 1. The largest absolute Gasteiger partial charge is 0.383 e. The number of nitriles is 1. The van der Waals surface area contributed by atoms with E-state index in [1.165, 1.54) is 7.11 Å². The highest BCUT2D eigenvalue weighted by atomic mass is 35.5. The summed E-state index contributed by atoms with van der Waals surface area (Å²) in [7, 11) is -2.19. The molecule has 130 valence electrons. The van der Waals surface area contributed by atoms with Crippen LogP contribution in [-0.2, 0) is 14.6 Å². The van der Waals surface area contributed by atoms with Gasteiger partial charge in [0.1, 0.15) is 5.41 Å². The zero-order valence-corrected chi connectivity index (χ0v) is 15.5. The third-order valence-electron chi connectivity index (χ3n) is 4.76. The molecule has 1 aliphatic rings. The molecule has 1 fully saturated rings. The summed E-state index contributed by atoms with van der Waals surface area (Å²) in [5, 5.41) is 9.51. The number of ether oxygens (including phenoxy) is 1. The lowest BCUT2D eigenvalue weighted by Gasteiger charge is -2.08. The fourth-order valence-electron chi connectivity index (χ4n) is 3.45. The summed E-state index contributed by atoms with van der Waals surface area (Å²) < 4.78 is 31.5. The van der Waals surface area contributed by atoms with Gasteiger partial charge in [0.25, 0.3) is 0 Å². The molecule has 0 heterocycles. The Morgan fingerprint density at radius 1 is 1.16 bits per heavy atom. The van der Waals surface area contributed by atoms with E-state index >= 15 is 0 Å². The molecule has 0 amide bonds. The second kappa shape index (κ2) is 6.45. The van der Waals surface area contributed by atoms with Crippen molar-refractivity contribution in [1.29, 1.82) is 5.26 Å². The van der Waals surface area contributed by atoms with Crippen LogP contribution < -0.4 is 0 Å². The molecule has 25 heavy (non-hydrogen) atoms. The quantitative estimate of drug-likeness (QED) is 0.798. The molecule has 2 aromatic carbocycles. The van der Waals surface area contributed by atoms with Crippen molar-refractivity contribution >= 4 is 21.4 Å². The molecule has 0 radical (unpaired) electrons. The first kappa shape index (κ1) is 17.9. The van der Waals surface area contributed by atoms with Crippen LogP contribution in [0.4, 0.5) is 0 Å². The van der Waals surface area contributed by atoms with Gasteiger partial charge in [0, 0.05) is 18.1 Å². The van der Waals surface area contributed by atoms with Crippen LogP contribution in [0.3, 0.4) is 0 Å². The maximum absolute atomic E-state index is 13.2. The van der Waals surface area contributed by atoms with E-state index in [1.807, 2.05) is 6.92 Å². The average Bonchev–Trinajstić information content (AvgIpc) is 3.26. The van der Waals surface area contributed by atoms with Gasteiger partial charge < -0.3 is 4.74 Å². The first-order valence-corrected chi connectivity index (χ1v) is 9.75. The summed E-state index contributed by atoms with van der Waals surface area (Å²) in [6.07, 6.45) is 0. The van der Waals surface area contributed by atoms with Crippen molar-refractivity contribution in [3.8, 4) is 6.07 Å². The van der Waals surface area contributed by atoms with Gasteiger partial charge in [0.05, 0.1) is 22.8 Å². The van der Waals surface area contributed by atoms with E-state index in [2.05, 4.69) is 6.07 Å². The summed E-state index contributed by atoms with van der Waals surface area (Å²) in [5.41, 5.74) is 0.669. The minimum atomic E-state index is -3.67. The van der Waals surface area contributed by atoms with E-state index < -0.39 is 26.4 Å². The maximum atomic E-state index is 13.2. The monoisotopic (exact) mass is 375 g/mol. The molecule has 0 aromatic heterocycles. The zero-order chi connectivity index (χ0) is 18.2. The van der Waals surface area contributed by atoms with Crippen molar-refractivity contribution < 1.29 is 13.2 Å². The van der Waals surface area contributed by atoms with Crippen LogP contribution >= 0.6 is 11.6 Å². The van der Waals surface area contributed by atoms with Gasteiger partial charge >= 0.3 is 0 Å². The number of aryl methyl sites for hydroxylation is 1. The van der Waals surface area contributed by atoms with Gasteiger partial charge in [-0.2, -0.15) is 5.26 Å². The van der Waals surface area contributed by atoms with Crippen molar-refractivity contribution in [1.82, 2.24) is 0 Å². The maximum Gasteiger partial charge on any atom is 0.183 e. The van der Waals surface area contributed by atoms with Gasteiger partial charge in [-0.3, -0.25) is 0 Å². The summed E-state index contributed by atoms with van der Waals surface area (Å²) >= 11 is 5.93. The van der Waals surface area contributed by atoms with Crippen LogP contribution in [0.2, 0.25) is 5.02 Å². The molecule has 0 N–H and O–H groups in total. The van der Waals surface area contributed by atoms with Gasteiger partial charge in [-0.15, -0.1) is 0 Å². The van der Waals surface area contributed by atoms with Crippen LogP contribution in [0, 0.1) is 23.7 Å². The van der Waals surface area contributed by atoms with Crippen LogP contribution in [-0.4, -0.2) is 27.4 Å². The molecule has 3 atom stereocenters. The zero-order valence-electron chi connectivity index (χ0n) is 13.9. The molecule has 0 aliphatic heterocycles. The Morgan fingerprint density at radius 3 is 2.28 bits per heavy atom. The van der Waals surface area contributed by atoms with Gasteiger partial charge in [-0.1, -0.05) is 41.4 Å². The molecular weight excluding hydrogens is 358 g/mol. The lowest BCUT2D eigenvalue weighted by molar-refractivity contribution is 0.162. The van der Waals surface area contributed by atoms with Crippen molar-refractivity contribution in [2.45, 2.75) is 23.0 Å². The van der Waals surface area contributed by atoms with Crippen LogP contribution in [0.1, 0.15) is 17.0 Å². The molecule has 4 nitrogen and oxygen atoms in total. The van der Waals surface area contributed by atoms with Gasteiger partial charge in [0.2, 0.25) is 0 Å². The fourth-order valence-corrected chi connectivity index (χ4v) is 5.89. The van der Waals surface area contributed by atoms with Crippen LogP contribution in [0.15, 0.2) is 53.4 Å². The number of methoxy groups -OCH3 is 1. The molecular formula is C19H18ClNO3S. The molecule has 6 heteroatoms. The third kappa shape index (κ3) is 2.95. The summed E-state index contributed by atoms with van der Waals surface area (Å²) in [5.74, 6) is -0.444. The normalized spacial score (nSPS) is 25.4. The lowest BCUT2D eigenvalue weighted by atomic mass is 10.0. The van der Waals surface area contributed by atoms with E-state index in [0.29, 0.717) is 5.02 Å². The van der Waals surface area contributed by atoms with Crippen LogP contribution in [0.25, 0.3) is 0 Å². The third-order valence-corrected chi connectivity index (χ3v) is 7.30. The minimum Gasteiger partial charge on any atom is -0.383 e. The number of nitrogens with zero attached hydrogens (tertiary/aromatic N) is 1. The first-order chi connectivity index (χ1) is 11.9. The van der Waals surface area contributed by atoms with Crippen LogP contribution in [0.5, 0.6) is 0 Å². The number of halogens is 1. The van der Waals surface area contributed by atoms with Crippen molar-refractivity contribution in [2.75, 3.05) is 13.7 Å². The smallest absolute Gasteiger partial charge is 0.183 e. The Morgan fingerprint density at radius 2 is 1.76 bits per heavy atom. The molecule has 0 saturated heterocycles. The number of rotatable bonds is 5. The Kier molecular flexibility index (Phi) is 4.63. The second-order valence-corrected chi connectivity index (χ2v) is 8.90. The highest BCUT2D eigenvalue weighted by Crippen LogP contribution is 2.63. The molecule has 3 rings (SSSR count). The standard InChI is InChI=1S/C19H18ClNO3S/c1-13-3-9-16(10-4-13)25(22,23)18-17(19(18,11-21)12-24-2)14-5-7-15(20)8-6-14/h3-10,17-18H,12H2,1-2H3/t17-,18+,19-/m1/s1. The minimum absolute atomic E-state index is 0.0621. The Bertz CT molecular complexity index is 917. The predicted molar refractivity (Wildman–Crippen MR) is 96.3 cm³/mol. The van der Waals surface area contributed by atoms with E-state index in [9.17, 15) is 13.7 Å². The summed E-state index contributed by atoms with van der Waals surface area (Å²) in [6.45, 7) is 1.96. The average molecular weight is 376 g/mol. The molecule has 0 bridgehead atoms. The number of hydrogen-bond donors (Lipinski definition) is 0. The molecule has 1 aliphatic carbocycles. The van der Waals surface area contributed by atoms with E-state index in [-0.39, 0.29) is 11.5 Å². The topological polar surface area (TPSA) is 67.2 Å². The first-order valence-electron chi connectivity index (χ1n) is 7.83. The molecule has 0 unspecified atom stereocenters.